The number of nitrogens with two attached hydrogens (primary N) is 2. The fourth-order valence-electron chi connectivity index (χ4n) is 6.54. The molecule has 5 aromatic rings. The summed E-state index contributed by atoms with van der Waals surface area (Å²) in [7, 11) is 0. The average Bonchev–Trinajstić information content (AvgIpc) is 3.55. The monoisotopic (exact) mass is 860 g/mol. The third kappa shape index (κ3) is 12.5. The first-order valence-electron chi connectivity index (χ1n) is 19.7. The van der Waals surface area contributed by atoms with Crippen LogP contribution in [-0.2, 0) is 25.6 Å². The molecule has 2 aromatic heterocycles. The molecule has 3 unspecified atom stereocenters. The number of amides is 3. The average molecular weight is 861 g/mol. The minimum absolute atomic E-state index is 0.0135. The van der Waals surface area contributed by atoms with Crippen LogP contribution in [-0.4, -0.2) is 90.3 Å². The number of nitrogens with zero attached hydrogens (tertiary/aromatic N) is 3. The van der Waals surface area contributed by atoms with E-state index in [9.17, 15) is 38.9 Å². The molecular weight excluding hydrogens is 811 g/mol. The molecule has 0 saturated carbocycles. The second-order valence-electron chi connectivity index (χ2n) is 14.9. The fraction of sp³-hybridized carbons (Fsp3) is 0.349. The van der Waals surface area contributed by atoms with Crippen LogP contribution in [0.1, 0.15) is 67.3 Å². The first kappa shape index (κ1) is 46.0. The molecule has 0 fully saturated rings. The Balaban J connectivity index is 1.35. The van der Waals surface area contributed by atoms with Crippen LogP contribution in [0.15, 0.2) is 79.0 Å². The molecule has 18 heteroatoms. The number of carboxylic acids is 1. The van der Waals surface area contributed by atoms with Gasteiger partial charge < -0.3 is 42.7 Å². The number of thioether (sulfide) groups is 1. The van der Waals surface area contributed by atoms with Crippen LogP contribution in [0, 0.1) is 17.6 Å². The molecular formula is C43H50F2N8O7S. The van der Waals surface area contributed by atoms with Gasteiger partial charge in [-0.25, -0.2) is 23.5 Å². The molecule has 0 aliphatic rings. The highest BCUT2D eigenvalue weighted by Crippen LogP contribution is 2.42. The van der Waals surface area contributed by atoms with Crippen molar-refractivity contribution >= 4 is 41.1 Å². The molecule has 5 rings (SSSR count). The Kier molecular flexibility index (Phi) is 16.1. The number of phenolic OH excluding ortho intramolecular Hbond substituents is 1. The Labute approximate surface area is 355 Å². The maximum Gasteiger partial charge on any atom is 0.326 e. The highest BCUT2D eigenvalue weighted by molar-refractivity contribution is 7.99. The number of phenols is 1. The maximum absolute atomic E-state index is 15.6. The minimum Gasteiger partial charge on any atom is -0.508 e. The van der Waals surface area contributed by atoms with Crippen molar-refractivity contribution in [3.05, 3.63) is 113 Å². The summed E-state index contributed by atoms with van der Waals surface area (Å²) in [6.07, 6.45) is 3.26. The van der Waals surface area contributed by atoms with Crippen LogP contribution in [0.3, 0.4) is 0 Å². The Bertz CT molecular complexity index is 2310. The first-order valence-corrected chi connectivity index (χ1v) is 20.8. The normalized spacial score (nSPS) is 13.4. The van der Waals surface area contributed by atoms with Gasteiger partial charge in [0.15, 0.2) is 5.65 Å². The van der Waals surface area contributed by atoms with Crippen molar-refractivity contribution in [1.82, 2.24) is 30.3 Å². The van der Waals surface area contributed by atoms with E-state index in [4.69, 9.17) is 21.4 Å². The van der Waals surface area contributed by atoms with Crippen LogP contribution in [0.2, 0.25) is 0 Å². The van der Waals surface area contributed by atoms with Gasteiger partial charge in [-0.3, -0.25) is 18.8 Å². The van der Waals surface area contributed by atoms with Crippen molar-refractivity contribution in [3.8, 4) is 22.9 Å². The predicted molar refractivity (Wildman–Crippen MR) is 227 cm³/mol. The quantitative estimate of drug-likeness (QED) is 0.0485. The van der Waals surface area contributed by atoms with Crippen molar-refractivity contribution < 1.29 is 43.3 Å². The number of imidazole rings is 1. The van der Waals surface area contributed by atoms with Gasteiger partial charge in [0.2, 0.25) is 23.6 Å². The van der Waals surface area contributed by atoms with E-state index in [1.165, 1.54) is 22.6 Å². The number of aromatic hydroxyl groups is 2. The van der Waals surface area contributed by atoms with Gasteiger partial charge in [0.25, 0.3) is 0 Å². The van der Waals surface area contributed by atoms with Crippen molar-refractivity contribution in [2.75, 3.05) is 18.8 Å². The lowest BCUT2D eigenvalue weighted by molar-refractivity contribution is -0.142. The van der Waals surface area contributed by atoms with Crippen molar-refractivity contribution in [2.24, 2.45) is 17.4 Å². The summed E-state index contributed by atoms with van der Waals surface area (Å²) < 4.78 is 31.1. The van der Waals surface area contributed by atoms with Gasteiger partial charge in [0, 0.05) is 35.6 Å². The second kappa shape index (κ2) is 21.4. The maximum atomic E-state index is 15.6. The molecule has 4 atom stereocenters. The molecule has 0 aliphatic heterocycles. The summed E-state index contributed by atoms with van der Waals surface area (Å²) in [5, 5.41) is 37.6. The Morgan fingerprint density at radius 3 is 2.28 bits per heavy atom. The lowest BCUT2D eigenvalue weighted by Gasteiger charge is -2.23. The number of hydrogen-bond acceptors (Lipinski definition) is 11. The summed E-state index contributed by atoms with van der Waals surface area (Å²) in [6.45, 7) is 3.46. The molecule has 0 radical (unpaired) electrons. The number of hydrogen-bond donors (Lipinski definition) is 8. The summed E-state index contributed by atoms with van der Waals surface area (Å²) in [6, 6.07) is 15.2. The van der Waals surface area contributed by atoms with Gasteiger partial charge in [-0.05, 0) is 74.0 Å². The number of fused-ring (bicyclic) bond motifs is 1. The van der Waals surface area contributed by atoms with Crippen LogP contribution in [0.5, 0.6) is 11.6 Å². The molecule has 10 N–H and O–H groups in total. The van der Waals surface area contributed by atoms with E-state index in [2.05, 4.69) is 16.0 Å². The van der Waals surface area contributed by atoms with E-state index in [-0.39, 0.29) is 53.0 Å². The number of aromatic nitrogens is 3. The molecule has 0 bridgehead atoms. The molecule has 3 amide bonds. The summed E-state index contributed by atoms with van der Waals surface area (Å²) in [5.74, 6) is -5.71. The van der Waals surface area contributed by atoms with E-state index < -0.39 is 65.2 Å². The molecule has 0 saturated heterocycles. The lowest BCUT2D eigenvalue weighted by atomic mass is 10.0. The van der Waals surface area contributed by atoms with Gasteiger partial charge >= 0.3 is 5.97 Å². The first-order chi connectivity index (χ1) is 29.1. The van der Waals surface area contributed by atoms with Gasteiger partial charge in [0.1, 0.15) is 35.2 Å². The lowest BCUT2D eigenvalue weighted by Crippen LogP contribution is -2.54. The third-order valence-electron chi connectivity index (χ3n) is 9.67. The van der Waals surface area contributed by atoms with E-state index in [0.717, 1.165) is 23.4 Å². The molecule has 15 nitrogen and oxygen atoms in total. The van der Waals surface area contributed by atoms with Crippen molar-refractivity contribution in [2.45, 2.75) is 69.3 Å². The number of carbonyl (C=O) groups excluding carboxylic acids is 3. The predicted octanol–water partition coefficient (Wildman–Crippen LogP) is 4.17. The number of carboxylic acid groups (broad SMARTS) is 1. The number of aliphatic carboxylic acids is 1. The highest BCUT2D eigenvalue weighted by Gasteiger charge is 2.31. The standard InChI is InChI=1S/C43H50F2N8O7S/c1-24(2)18-34(41(57)51-32(43(59)60)10-6-7-17-46)50-36(55)21-48-40(56)31(47)23-61-38(29-16-13-27(44)20-30(29)45)37-42(58)53-22-35(26-11-14-28(54)15-12-26)49-33(39(53)52-37)19-25-8-4-3-5-9-25/h3-5,8-9,11-16,20,22,24,31-32,34,38,54,58H,6-7,10,17-19,21,23,46-47H2,1-2H3,(H,48,56)(H,50,55)(H,51,57)(H,59,60)/t31?,32?,34?,38-/m1/s1. The van der Waals surface area contributed by atoms with Crippen molar-refractivity contribution in [1.29, 1.82) is 0 Å². The van der Waals surface area contributed by atoms with Crippen LogP contribution in [0.25, 0.3) is 16.9 Å². The van der Waals surface area contributed by atoms with Gasteiger partial charge in [-0.1, -0.05) is 50.2 Å². The number of carbonyl (C=O) groups is 4. The Morgan fingerprint density at radius 1 is 0.902 bits per heavy atom. The summed E-state index contributed by atoms with van der Waals surface area (Å²) in [4.78, 5) is 60.7. The fourth-order valence-corrected chi connectivity index (χ4v) is 7.78. The van der Waals surface area contributed by atoms with Crippen LogP contribution in [0.4, 0.5) is 8.78 Å². The topological polar surface area (TPSA) is 247 Å². The van der Waals surface area contributed by atoms with Gasteiger partial charge in [0.05, 0.1) is 29.2 Å². The van der Waals surface area contributed by atoms with E-state index in [1.807, 2.05) is 44.2 Å². The number of rotatable bonds is 21. The van der Waals surface area contributed by atoms with E-state index in [1.54, 1.807) is 18.3 Å². The number of halogens is 2. The van der Waals surface area contributed by atoms with Crippen molar-refractivity contribution in [3.63, 3.8) is 0 Å². The summed E-state index contributed by atoms with van der Waals surface area (Å²) >= 11 is 0.955. The number of unbranched alkanes of at least 4 members (excludes halogenated alkanes) is 1. The smallest absolute Gasteiger partial charge is 0.326 e. The molecule has 0 spiro atoms. The van der Waals surface area contributed by atoms with Crippen LogP contribution >= 0.6 is 11.8 Å². The molecule has 2 heterocycles. The zero-order chi connectivity index (χ0) is 44.2. The minimum atomic E-state index is -1.28. The molecule has 324 valence electrons. The Hall–Kier alpha value is -6.11. The third-order valence-corrected chi connectivity index (χ3v) is 11.0. The second-order valence-corrected chi connectivity index (χ2v) is 16.1. The molecule has 0 aliphatic carbocycles. The molecule has 3 aromatic carbocycles. The molecule has 61 heavy (non-hydrogen) atoms. The summed E-state index contributed by atoms with van der Waals surface area (Å²) in [5.41, 5.74) is 14.4. The SMILES string of the molecule is CC(C)CC(NC(=O)CNC(=O)C(N)CS[C@H](c1ccc(F)cc1F)c1nc2c(Cc3ccccc3)nc(-c3ccc(O)cc3)cn2c1O)C(=O)NC(CCCCN)C(=O)O. The van der Waals surface area contributed by atoms with Gasteiger partial charge in [-0.15, -0.1) is 11.8 Å². The van der Waals surface area contributed by atoms with Gasteiger partial charge in [-0.2, -0.15) is 0 Å². The number of benzene rings is 3. The zero-order valence-corrected chi connectivity index (χ0v) is 34.5. The zero-order valence-electron chi connectivity index (χ0n) is 33.7. The number of nitrogens with one attached hydrogen (secondary N) is 3. The Morgan fingerprint density at radius 2 is 1.62 bits per heavy atom. The largest absolute Gasteiger partial charge is 0.508 e. The van der Waals surface area contributed by atoms with E-state index >= 15 is 4.39 Å². The van der Waals surface area contributed by atoms with Crippen LogP contribution < -0.4 is 27.4 Å². The highest BCUT2D eigenvalue weighted by atomic mass is 32.2. The van der Waals surface area contributed by atoms with E-state index in [0.29, 0.717) is 48.8 Å².